The van der Waals surface area contributed by atoms with E-state index < -0.39 is 7.60 Å². The van der Waals surface area contributed by atoms with Gasteiger partial charge in [-0.3, -0.25) is 4.57 Å². The van der Waals surface area contributed by atoms with Crippen molar-refractivity contribution in [3.05, 3.63) is 23.4 Å². The number of aromatic nitrogens is 4. The average molecular weight is 388 g/mol. The van der Waals surface area contributed by atoms with Crippen molar-refractivity contribution >= 4 is 36.3 Å². The molecule has 0 atom stereocenters. The molecule has 0 aliphatic heterocycles. The molecule has 25 heavy (non-hydrogen) atoms. The summed E-state index contributed by atoms with van der Waals surface area (Å²) in [6.45, 7) is 7.82. The van der Waals surface area contributed by atoms with Gasteiger partial charge in [0.05, 0.1) is 18.5 Å². The fourth-order valence-corrected chi connectivity index (χ4v) is 4.18. The topological polar surface area (TPSA) is 105 Å². The van der Waals surface area contributed by atoms with Gasteiger partial charge in [-0.1, -0.05) is 17.7 Å². The van der Waals surface area contributed by atoms with Gasteiger partial charge >= 0.3 is 7.60 Å². The van der Waals surface area contributed by atoms with E-state index in [2.05, 4.69) is 15.0 Å². The van der Waals surface area contributed by atoms with Crippen LogP contribution in [0.5, 0.6) is 0 Å². The van der Waals surface area contributed by atoms with Gasteiger partial charge in [0.2, 0.25) is 5.95 Å². The van der Waals surface area contributed by atoms with Gasteiger partial charge in [-0.15, -0.1) is 0 Å². The SMILES string of the molecule is CC(C)OP(=O)(C=CCCn1cnc2c(Cl)nc(N)nc21)OC(C)C. The highest BCUT2D eigenvalue weighted by Crippen LogP contribution is 2.52. The first kappa shape index (κ1) is 19.8. The predicted octanol–water partition coefficient (Wildman–Crippen LogP) is 4.01. The van der Waals surface area contributed by atoms with Crippen molar-refractivity contribution in [1.82, 2.24) is 19.5 Å². The third-order valence-corrected chi connectivity index (χ3v) is 5.25. The minimum absolute atomic E-state index is 0.0926. The van der Waals surface area contributed by atoms with Gasteiger partial charge in [0.15, 0.2) is 10.8 Å². The molecule has 2 heterocycles. The van der Waals surface area contributed by atoms with Crippen LogP contribution in [0.3, 0.4) is 0 Å². The average Bonchev–Trinajstić information content (AvgIpc) is 2.85. The zero-order valence-electron chi connectivity index (χ0n) is 14.7. The van der Waals surface area contributed by atoms with Gasteiger partial charge in [0, 0.05) is 12.4 Å². The van der Waals surface area contributed by atoms with Gasteiger partial charge in [-0.05, 0) is 34.1 Å². The number of fused-ring (bicyclic) bond motifs is 1. The molecular weight excluding hydrogens is 365 g/mol. The van der Waals surface area contributed by atoms with Crippen LogP contribution in [0.1, 0.15) is 34.1 Å². The highest BCUT2D eigenvalue weighted by Gasteiger charge is 2.23. The number of hydrogen-bond acceptors (Lipinski definition) is 7. The monoisotopic (exact) mass is 387 g/mol. The molecule has 0 aliphatic rings. The fourth-order valence-electron chi connectivity index (χ4n) is 2.19. The first-order valence-corrected chi connectivity index (χ1v) is 9.97. The molecule has 2 N–H and O–H groups in total. The van der Waals surface area contributed by atoms with Crippen LogP contribution in [0.4, 0.5) is 5.95 Å². The van der Waals surface area contributed by atoms with E-state index in [-0.39, 0.29) is 23.3 Å². The molecule has 2 aromatic rings. The van der Waals surface area contributed by atoms with Crippen molar-refractivity contribution in [3.63, 3.8) is 0 Å². The van der Waals surface area contributed by atoms with Crippen molar-refractivity contribution in [3.8, 4) is 0 Å². The Balaban J connectivity index is 2.08. The lowest BCUT2D eigenvalue weighted by atomic mass is 10.4. The molecular formula is C15H23ClN5O3P. The summed E-state index contributed by atoms with van der Waals surface area (Å²) in [4.78, 5) is 12.2. The number of nitrogens with zero attached hydrogens (tertiary/aromatic N) is 4. The summed E-state index contributed by atoms with van der Waals surface area (Å²) >= 11 is 6.00. The van der Waals surface area contributed by atoms with Crippen molar-refractivity contribution < 1.29 is 13.6 Å². The van der Waals surface area contributed by atoms with E-state index >= 15 is 0 Å². The quantitative estimate of drug-likeness (QED) is 0.538. The number of nitrogen functional groups attached to an aromatic ring is 1. The number of hydrogen-bond donors (Lipinski definition) is 1. The number of imidazole rings is 1. The molecule has 0 saturated heterocycles. The number of anilines is 1. The molecule has 0 aromatic carbocycles. The lowest BCUT2D eigenvalue weighted by Gasteiger charge is -2.19. The van der Waals surface area contributed by atoms with Crippen LogP contribution in [0.2, 0.25) is 5.15 Å². The van der Waals surface area contributed by atoms with Crippen molar-refractivity contribution in [2.75, 3.05) is 5.73 Å². The van der Waals surface area contributed by atoms with Crippen LogP contribution < -0.4 is 5.73 Å². The molecule has 2 aromatic heterocycles. The zero-order chi connectivity index (χ0) is 18.6. The first-order valence-electron chi connectivity index (χ1n) is 7.98. The fraction of sp³-hybridized carbons (Fsp3) is 0.533. The summed E-state index contributed by atoms with van der Waals surface area (Å²) in [7, 11) is -3.27. The van der Waals surface area contributed by atoms with Crippen LogP contribution in [-0.4, -0.2) is 31.7 Å². The molecule has 0 aliphatic carbocycles. The second kappa shape index (κ2) is 8.27. The molecule has 0 radical (unpaired) electrons. The summed E-state index contributed by atoms with van der Waals surface area (Å²) in [5, 5.41) is 0.219. The van der Waals surface area contributed by atoms with Crippen LogP contribution in [0.25, 0.3) is 11.2 Å². The Labute approximate surface area is 151 Å². The third-order valence-electron chi connectivity index (χ3n) is 2.98. The summed E-state index contributed by atoms with van der Waals surface area (Å²) in [5.74, 6) is 1.59. The van der Waals surface area contributed by atoms with Gasteiger partial charge < -0.3 is 19.3 Å². The standard InChI is InChI=1S/C15H23ClN5O3P/c1-10(2)23-25(22,24-11(3)4)8-6-5-7-21-9-18-12-13(16)19-15(17)20-14(12)21/h6,8-11H,5,7H2,1-4H3,(H2,17,19,20). The number of nitrogens with two attached hydrogens (primary N) is 1. The highest BCUT2D eigenvalue weighted by molar-refractivity contribution is 7.57. The van der Waals surface area contributed by atoms with Crippen LogP contribution in [0.15, 0.2) is 18.2 Å². The Morgan fingerprint density at radius 1 is 1.28 bits per heavy atom. The lowest BCUT2D eigenvalue weighted by Crippen LogP contribution is -2.06. The van der Waals surface area contributed by atoms with Crippen LogP contribution in [-0.2, 0) is 20.2 Å². The number of allylic oxidation sites excluding steroid dienone is 1. The summed E-state index contributed by atoms with van der Waals surface area (Å²) in [5.41, 5.74) is 6.68. The summed E-state index contributed by atoms with van der Waals surface area (Å²) in [6.07, 6.45) is 3.57. The van der Waals surface area contributed by atoms with Gasteiger partial charge in [0.1, 0.15) is 5.52 Å². The van der Waals surface area contributed by atoms with Crippen LogP contribution in [0, 0.1) is 0 Å². The Morgan fingerprint density at radius 3 is 2.52 bits per heavy atom. The Morgan fingerprint density at radius 2 is 1.92 bits per heavy atom. The molecule has 138 valence electrons. The molecule has 0 bridgehead atoms. The molecule has 0 saturated carbocycles. The molecule has 2 rings (SSSR count). The lowest BCUT2D eigenvalue weighted by molar-refractivity contribution is 0.149. The number of halogens is 1. The molecule has 8 nitrogen and oxygen atoms in total. The maximum absolute atomic E-state index is 12.7. The Kier molecular flexibility index (Phi) is 6.57. The molecule has 0 unspecified atom stereocenters. The predicted molar refractivity (Wildman–Crippen MR) is 98.6 cm³/mol. The van der Waals surface area contributed by atoms with Gasteiger partial charge in [-0.2, -0.15) is 9.97 Å². The summed E-state index contributed by atoms with van der Waals surface area (Å²) in [6, 6.07) is 0. The number of aryl methyl sites for hydroxylation is 1. The maximum Gasteiger partial charge on any atom is 0.354 e. The van der Waals surface area contributed by atoms with Crippen molar-refractivity contribution in [1.29, 1.82) is 0 Å². The molecule has 0 amide bonds. The second-order valence-corrected chi connectivity index (χ2v) is 8.16. The number of rotatable bonds is 8. The van der Waals surface area contributed by atoms with E-state index in [0.29, 0.717) is 24.1 Å². The Hall–Kier alpha value is -1.47. The van der Waals surface area contributed by atoms with Crippen LogP contribution >= 0.6 is 19.2 Å². The van der Waals surface area contributed by atoms with E-state index in [1.54, 1.807) is 17.0 Å². The third kappa shape index (κ3) is 5.51. The minimum Gasteiger partial charge on any atom is -0.368 e. The van der Waals surface area contributed by atoms with Crippen molar-refractivity contribution in [2.45, 2.75) is 52.9 Å². The minimum atomic E-state index is -3.27. The maximum atomic E-state index is 12.7. The molecule has 0 spiro atoms. The van der Waals surface area contributed by atoms with E-state index in [0.717, 1.165) is 0 Å². The molecule has 10 heteroatoms. The smallest absolute Gasteiger partial charge is 0.354 e. The zero-order valence-corrected chi connectivity index (χ0v) is 16.4. The van der Waals surface area contributed by atoms with Crippen molar-refractivity contribution in [2.24, 2.45) is 0 Å². The van der Waals surface area contributed by atoms with E-state index in [9.17, 15) is 4.57 Å². The van der Waals surface area contributed by atoms with Gasteiger partial charge in [-0.25, -0.2) is 4.98 Å². The normalized spacial score (nSPS) is 12.9. The summed E-state index contributed by atoms with van der Waals surface area (Å²) < 4.78 is 25.4. The second-order valence-electron chi connectivity index (χ2n) is 6.00. The van der Waals surface area contributed by atoms with E-state index in [4.69, 9.17) is 26.4 Å². The van der Waals surface area contributed by atoms with E-state index in [1.807, 2.05) is 27.7 Å². The largest absolute Gasteiger partial charge is 0.368 e. The Bertz CT molecular complexity index is 792. The molecule has 0 fully saturated rings. The first-order chi connectivity index (χ1) is 11.7. The van der Waals surface area contributed by atoms with E-state index in [1.165, 1.54) is 5.82 Å². The highest BCUT2D eigenvalue weighted by atomic mass is 35.5. The van der Waals surface area contributed by atoms with Gasteiger partial charge in [0.25, 0.3) is 0 Å².